The summed E-state index contributed by atoms with van der Waals surface area (Å²) in [5.74, 6) is -0.380. The third kappa shape index (κ3) is 1.98. The molecule has 0 fully saturated rings. The largest absolute Gasteiger partial charge is 0.293 e. The molecule has 0 aliphatic rings. The number of hydrogen-bond acceptors (Lipinski definition) is 4. The maximum atomic E-state index is 10.9. The van der Waals surface area contributed by atoms with Gasteiger partial charge in [0.25, 0.3) is 5.91 Å². The average Bonchev–Trinajstić information content (AvgIpc) is 2.07. The van der Waals surface area contributed by atoms with Crippen molar-refractivity contribution in [3.05, 3.63) is 24.3 Å². The van der Waals surface area contributed by atoms with Gasteiger partial charge in [0.15, 0.2) is 0 Å². The molecule has 0 aliphatic carbocycles. The Morgan fingerprint density at radius 1 is 1.73 bits per heavy atom. The number of carbonyl (C=O) groups is 1. The summed E-state index contributed by atoms with van der Waals surface area (Å²) < 4.78 is 0. The van der Waals surface area contributed by atoms with Gasteiger partial charge in [-0.3, -0.25) is 9.63 Å². The molecule has 0 aliphatic heterocycles. The first kappa shape index (κ1) is 7.62. The third-order valence-electron chi connectivity index (χ3n) is 1.01. The van der Waals surface area contributed by atoms with E-state index in [4.69, 9.17) is 0 Å². The van der Waals surface area contributed by atoms with Gasteiger partial charge in [0.2, 0.25) is 0 Å². The predicted molar refractivity (Wildman–Crippen MR) is 36.5 cm³/mol. The van der Waals surface area contributed by atoms with E-state index in [1.165, 1.54) is 25.7 Å². The van der Waals surface area contributed by atoms with E-state index in [0.29, 0.717) is 0 Å². The molecule has 0 saturated heterocycles. The SMILES string of the molecule is CONC(=O)c1ccncn1. The van der Waals surface area contributed by atoms with Gasteiger partial charge in [0.05, 0.1) is 7.11 Å². The molecule has 0 spiro atoms. The second-order valence-electron chi connectivity index (χ2n) is 1.73. The topological polar surface area (TPSA) is 64.1 Å². The number of carbonyl (C=O) groups excluding carboxylic acids is 1. The van der Waals surface area contributed by atoms with E-state index in [9.17, 15) is 4.79 Å². The zero-order valence-corrected chi connectivity index (χ0v) is 5.94. The maximum absolute atomic E-state index is 10.9. The van der Waals surface area contributed by atoms with Gasteiger partial charge in [-0.1, -0.05) is 0 Å². The van der Waals surface area contributed by atoms with Crippen molar-refractivity contribution in [1.82, 2.24) is 15.4 Å². The van der Waals surface area contributed by atoms with Gasteiger partial charge < -0.3 is 0 Å². The summed E-state index contributed by atoms with van der Waals surface area (Å²) >= 11 is 0. The first-order valence-electron chi connectivity index (χ1n) is 2.94. The number of rotatable bonds is 2. The molecule has 5 nitrogen and oxygen atoms in total. The van der Waals surface area contributed by atoms with Gasteiger partial charge in [-0.15, -0.1) is 0 Å². The molecule has 5 heteroatoms. The average molecular weight is 153 g/mol. The smallest absolute Gasteiger partial charge is 0.277 e. The predicted octanol–water partition coefficient (Wildman–Crippen LogP) is -0.232. The van der Waals surface area contributed by atoms with Crippen LogP contribution in [0.25, 0.3) is 0 Å². The molecule has 1 N–H and O–H groups in total. The van der Waals surface area contributed by atoms with E-state index < -0.39 is 0 Å². The zero-order valence-electron chi connectivity index (χ0n) is 5.94. The molecule has 0 aromatic carbocycles. The lowest BCUT2D eigenvalue weighted by Crippen LogP contribution is -2.22. The van der Waals surface area contributed by atoms with Gasteiger partial charge in [-0.05, 0) is 6.07 Å². The molecule has 58 valence electrons. The minimum Gasteiger partial charge on any atom is -0.277 e. The van der Waals surface area contributed by atoms with Crippen LogP contribution in [-0.4, -0.2) is 23.0 Å². The number of nitrogens with one attached hydrogen (secondary N) is 1. The summed E-state index contributed by atoms with van der Waals surface area (Å²) in [5.41, 5.74) is 2.41. The summed E-state index contributed by atoms with van der Waals surface area (Å²) in [4.78, 5) is 22.7. The Kier molecular flexibility index (Phi) is 2.51. The van der Waals surface area contributed by atoms with Crippen molar-refractivity contribution < 1.29 is 9.63 Å². The van der Waals surface area contributed by atoms with E-state index in [2.05, 4.69) is 20.3 Å². The number of aromatic nitrogens is 2. The first-order chi connectivity index (χ1) is 5.34. The van der Waals surface area contributed by atoms with E-state index in [0.717, 1.165) is 0 Å². The van der Waals surface area contributed by atoms with E-state index in [-0.39, 0.29) is 11.6 Å². The summed E-state index contributed by atoms with van der Waals surface area (Å²) in [7, 11) is 1.36. The second-order valence-corrected chi connectivity index (χ2v) is 1.73. The van der Waals surface area contributed by atoms with Gasteiger partial charge in [-0.25, -0.2) is 15.4 Å². The van der Waals surface area contributed by atoms with Crippen molar-refractivity contribution in [2.75, 3.05) is 7.11 Å². The van der Waals surface area contributed by atoms with Gasteiger partial charge in [0, 0.05) is 6.20 Å². The number of hydroxylamine groups is 1. The van der Waals surface area contributed by atoms with Gasteiger partial charge in [0.1, 0.15) is 12.0 Å². The molecule has 0 bridgehead atoms. The Balaban J connectivity index is 2.69. The summed E-state index contributed by atoms with van der Waals surface area (Å²) in [6, 6.07) is 1.49. The fraction of sp³-hybridized carbons (Fsp3) is 0.167. The van der Waals surface area contributed by atoms with Crippen LogP contribution in [0, 0.1) is 0 Å². The van der Waals surface area contributed by atoms with E-state index in [1.807, 2.05) is 0 Å². The monoisotopic (exact) mass is 153 g/mol. The van der Waals surface area contributed by atoms with Crippen LogP contribution in [0.4, 0.5) is 0 Å². The van der Waals surface area contributed by atoms with Crippen LogP contribution in [0.15, 0.2) is 18.6 Å². The van der Waals surface area contributed by atoms with Crippen LogP contribution in [-0.2, 0) is 4.84 Å². The fourth-order valence-corrected chi connectivity index (χ4v) is 0.570. The highest BCUT2D eigenvalue weighted by molar-refractivity contribution is 5.91. The van der Waals surface area contributed by atoms with Crippen LogP contribution < -0.4 is 5.48 Å². The molecule has 1 heterocycles. The number of amides is 1. The van der Waals surface area contributed by atoms with Crippen LogP contribution in [0.1, 0.15) is 10.5 Å². The molecule has 1 aromatic heterocycles. The lowest BCUT2D eigenvalue weighted by atomic mass is 10.4. The fourth-order valence-electron chi connectivity index (χ4n) is 0.570. The highest BCUT2D eigenvalue weighted by Crippen LogP contribution is 1.89. The molecule has 0 atom stereocenters. The van der Waals surface area contributed by atoms with Crippen molar-refractivity contribution in [3.8, 4) is 0 Å². The van der Waals surface area contributed by atoms with Crippen LogP contribution >= 0.6 is 0 Å². The molecular formula is C6H7N3O2. The molecule has 0 saturated carbocycles. The highest BCUT2D eigenvalue weighted by Gasteiger charge is 2.03. The molecule has 1 rings (SSSR count). The Morgan fingerprint density at radius 2 is 2.55 bits per heavy atom. The number of hydrogen-bond donors (Lipinski definition) is 1. The number of nitrogens with zero attached hydrogens (tertiary/aromatic N) is 2. The van der Waals surface area contributed by atoms with E-state index >= 15 is 0 Å². The van der Waals surface area contributed by atoms with Crippen LogP contribution in [0.2, 0.25) is 0 Å². The molecular weight excluding hydrogens is 146 g/mol. The molecule has 1 aromatic rings. The summed E-state index contributed by atoms with van der Waals surface area (Å²) in [6.07, 6.45) is 2.78. The molecule has 0 unspecified atom stereocenters. The van der Waals surface area contributed by atoms with Crippen molar-refractivity contribution in [2.24, 2.45) is 0 Å². The van der Waals surface area contributed by atoms with Crippen molar-refractivity contribution in [1.29, 1.82) is 0 Å². The van der Waals surface area contributed by atoms with E-state index in [1.54, 1.807) is 0 Å². The van der Waals surface area contributed by atoms with Gasteiger partial charge >= 0.3 is 0 Å². The third-order valence-corrected chi connectivity index (χ3v) is 1.01. The summed E-state index contributed by atoms with van der Waals surface area (Å²) in [5, 5.41) is 0. The molecule has 11 heavy (non-hydrogen) atoms. The maximum Gasteiger partial charge on any atom is 0.293 e. The standard InChI is InChI=1S/C6H7N3O2/c1-11-9-6(10)5-2-3-7-4-8-5/h2-4H,1H3,(H,9,10). The minimum absolute atomic E-state index is 0.279. The Hall–Kier alpha value is -1.49. The lowest BCUT2D eigenvalue weighted by Gasteiger charge is -1.98. The van der Waals surface area contributed by atoms with Crippen LogP contribution in [0.5, 0.6) is 0 Å². The van der Waals surface area contributed by atoms with Crippen molar-refractivity contribution in [2.45, 2.75) is 0 Å². The summed E-state index contributed by atoms with van der Waals surface area (Å²) in [6.45, 7) is 0. The Bertz CT molecular complexity index is 237. The molecule has 0 radical (unpaired) electrons. The normalized spacial score (nSPS) is 9.18. The quantitative estimate of drug-likeness (QED) is 0.596. The Morgan fingerprint density at radius 3 is 3.09 bits per heavy atom. The zero-order chi connectivity index (χ0) is 8.10. The first-order valence-corrected chi connectivity index (χ1v) is 2.94. The van der Waals surface area contributed by atoms with Gasteiger partial charge in [-0.2, -0.15) is 0 Å². The Labute approximate surface area is 63.4 Å². The lowest BCUT2D eigenvalue weighted by molar-refractivity contribution is 0.0532. The van der Waals surface area contributed by atoms with Crippen molar-refractivity contribution >= 4 is 5.91 Å². The minimum atomic E-state index is -0.380. The van der Waals surface area contributed by atoms with Crippen LogP contribution in [0.3, 0.4) is 0 Å². The second kappa shape index (κ2) is 3.62. The van der Waals surface area contributed by atoms with Crippen molar-refractivity contribution in [3.63, 3.8) is 0 Å². The molecule has 1 amide bonds. The highest BCUT2D eigenvalue weighted by atomic mass is 16.6.